The van der Waals surface area contributed by atoms with Gasteiger partial charge in [0, 0.05) is 0 Å². The Balaban J connectivity index is 1.89. The molecule has 3 unspecified atom stereocenters. The monoisotopic (exact) mass is 236 g/mol. The average Bonchev–Trinajstić information content (AvgIpc) is 2.94. The molecule has 3 atom stereocenters. The Kier molecular flexibility index (Phi) is 3.74. The highest BCUT2D eigenvalue weighted by Gasteiger charge is 2.59. The molecule has 1 fully saturated rings. The summed E-state index contributed by atoms with van der Waals surface area (Å²) in [4.78, 5) is 0. The first-order chi connectivity index (χ1) is 8.11. The molecule has 0 bridgehead atoms. The van der Waals surface area contributed by atoms with Gasteiger partial charge >= 0.3 is 0 Å². The molecule has 0 amide bonds. The Hall–Kier alpha value is -0.600. The van der Waals surface area contributed by atoms with Gasteiger partial charge in [-0.1, -0.05) is 24.6 Å². The summed E-state index contributed by atoms with van der Waals surface area (Å²) < 4.78 is 0. The van der Waals surface area contributed by atoms with E-state index in [9.17, 15) is 5.11 Å². The zero-order valence-electron chi connectivity index (χ0n) is 10.9. The molecule has 2 heteroatoms. The van der Waals surface area contributed by atoms with Crippen LogP contribution in [0, 0.1) is 17.3 Å². The zero-order chi connectivity index (χ0) is 12.5. The number of hydrogen-bond acceptors (Lipinski definition) is 2. The molecule has 0 aromatic heterocycles. The highest BCUT2D eigenvalue weighted by atomic mass is 16.3. The van der Waals surface area contributed by atoms with E-state index in [1.54, 1.807) is 0 Å². The van der Waals surface area contributed by atoms with Crippen LogP contribution in [0.4, 0.5) is 0 Å². The van der Waals surface area contributed by atoms with E-state index in [1.165, 1.54) is 18.4 Å². The van der Waals surface area contributed by atoms with Crippen LogP contribution in [0.1, 0.15) is 39.5 Å². The van der Waals surface area contributed by atoms with Gasteiger partial charge in [-0.05, 0) is 55.4 Å². The van der Waals surface area contributed by atoms with Gasteiger partial charge in [-0.25, -0.2) is 0 Å². The third-order valence-corrected chi connectivity index (χ3v) is 4.75. The Morgan fingerprint density at radius 3 is 2.94 bits per heavy atom. The number of hydrogen-bond donors (Lipinski definition) is 2. The van der Waals surface area contributed by atoms with Crippen molar-refractivity contribution in [3.8, 4) is 0 Å². The van der Waals surface area contributed by atoms with Crippen LogP contribution in [0.5, 0.6) is 0 Å². The lowest BCUT2D eigenvalue weighted by molar-refractivity contribution is 0.322. The number of aliphatic hydroxyl groups excluding tert-OH is 2. The molecule has 0 spiro atoms. The maximum absolute atomic E-state index is 9.17. The summed E-state index contributed by atoms with van der Waals surface area (Å²) in [5, 5.41) is 18.1. The Labute approximate surface area is 104 Å². The van der Waals surface area contributed by atoms with Crippen LogP contribution in [0.25, 0.3) is 0 Å². The SMILES string of the molecule is CC(=CCCC1(C)C2C=C(CO)CCC21)CO. The Morgan fingerprint density at radius 2 is 2.29 bits per heavy atom. The van der Waals surface area contributed by atoms with Crippen LogP contribution >= 0.6 is 0 Å². The molecule has 2 rings (SSSR count). The van der Waals surface area contributed by atoms with Gasteiger partial charge < -0.3 is 10.2 Å². The molecule has 0 aromatic carbocycles. The lowest BCUT2D eigenvalue weighted by Crippen LogP contribution is -1.98. The van der Waals surface area contributed by atoms with Crippen molar-refractivity contribution in [2.24, 2.45) is 17.3 Å². The number of aliphatic hydroxyl groups is 2. The molecule has 2 nitrogen and oxygen atoms in total. The molecule has 0 aliphatic heterocycles. The van der Waals surface area contributed by atoms with Crippen molar-refractivity contribution in [3.63, 3.8) is 0 Å². The molecule has 0 saturated heterocycles. The van der Waals surface area contributed by atoms with Crippen molar-refractivity contribution < 1.29 is 10.2 Å². The predicted octanol–water partition coefficient (Wildman–Crippen LogP) is 2.67. The summed E-state index contributed by atoms with van der Waals surface area (Å²) in [6.45, 7) is 4.77. The minimum Gasteiger partial charge on any atom is -0.392 e. The first kappa shape index (κ1) is 12.8. The van der Waals surface area contributed by atoms with Crippen molar-refractivity contribution in [2.75, 3.05) is 13.2 Å². The second kappa shape index (κ2) is 4.95. The van der Waals surface area contributed by atoms with E-state index >= 15 is 0 Å². The minimum atomic E-state index is 0.179. The molecule has 0 radical (unpaired) electrons. The lowest BCUT2D eigenvalue weighted by Gasteiger charge is -2.09. The van der Waals surface area contributed by atoms with Gasteiger partial charge in [0.1, 0.15) is 0 Å². The summed E-state index contributed by atoms with van der Waals surface area (Å²) in [5.74, 6) is 1.53. The van der Waals surface area contributed by atoms with Crippen molar-refractivity contribution in [1.29, 1.82) is 0 Å². The molecule has 0 heterocycles. The molecular weight excluding hydrogens is 212 g/mol. The molecule has 2 aliphatic carbocycles. The van der Waals surface area contributed by atoms with E-state index in [2.05, 4.69) is 19.1 Å². The molecule has 2 aliphatic rings. The summed E-state index contributed by atoms with van der Waals surface area (Å²) in [5.41, 5.74) is 2.75. The Bertz CT molecular complexity index is 343. The fraction of sp³-hybridized carbons (Fsp3) is 0.733. The largest absolute Gasteiger partial charge is 0.392 e. The van der Waals surface area contributed by atoms with Gasteiger partial charge in [0.05, 0.1) is 13.2 Å². The number of rotatable bonds is 5. The molecule has 1 saturated carbocycles. The smallest absolute Gasteiger partial charge is 0.0641 e. The van der Waals surface area contributed by atoms with E-state index in [-0.39, 0.29) is 13.2 Å². The topological polar surface area (TPSA) is 40.5 Å². The van der Waals surface area contributed by atoms with Gasteiger partial charge in [-0.2, -0.15) is 0 Å². The quantitative estimate of drug-likeness (QED) is 0.720. The van der Waals surface area contributed by atoms with E-state index in [0.717, 1.165) is 24.3 Å². The van der Waals surface area contributed by atoms with Gasteiger partial charge in [0.15, 0.2) is 0 Å². The number of fused-ring (bicyclic) bond motifs is 1. The first-order valence-electron chi connectivity index (χ1n) is 6.68. The second-order valence-electron chi connectivity index (χ2n) is 5.91. The van der Waals surface area contributed by atoms with Crippen molar-refractivity contribution in [1.82, 2.24) is 0 Å². The normalized spacial score (nSPS) is 36.5. The van der Waals surface area contributed by atoms with Crippen LogP contribution in [0.15, 0.2) is 23.3 Å². The first-order valence-corrected chi connectivity index (χ1v) is 6.68. The molecule has 2 N–H and O–H groups in total. The summed E-state index contributed by atoms with van der Waals surface area (Å²) in [6, 6.07) is 0. The molecule has 0 aromatic rings. The molecular formula is C15H24O2. The van der Waals surface area contributed by atoms with E-state index in [4.69, 9.17) is 5.11 Å². The summed E-state index contributed by atoms with van der Waals surface area (Å²) in [7, 11) is 0. The highest BCUT2D eigenvalue weighted by molar-refractivity contribution is 5.24. The van der Waals surface area contributed by atoms with Crippen LogP contribution in [-0.4, -0.2) is 23.4 Å². The average molecular weight is 236 g/mol. The lowest BCUT2D eigenvalue weighted by atomic mass is 9.96. The predicted molar refractivity (Wildman–Crippen MR) is 69.6 cm³/mol. The fourth-order valence-corrected chi connectivity index (χ4v) is 3.37. The van der Waals surface area contributed by atoms with Crippen LogP contribution in [0.2, 0.25) is 0 Å². The molecule has 96 valence electrons. The third kappa shape index (κ3) is 2.48. The summed E-state index contributed by atoms with van der Waals surface area (Å²) >= 11 is 0. The van der Waals surface area contributed by atoms with Gasteiger partial charge in [0.2, 0.25) is 0 Å². The van der Waals surface area contributed by atoms with Crippen LogP contribution < -0.4 is 0 Å². The van der Waals surface area contributed by atoms with Crippen molar-refractivity contribution in [3.05, 3.63) is 23.3 Å². The summed E-state index contributed by atoms with van der Waals surface area (Å²) in [6.07, 6.45) is 9.07. The Morgan fingerprint density at radius 1 is 1.53 bits per heavy atom. The standard InChI is InChI=1S/C15H24O2/c1-11(9-16)4-3-7-15(2)13-6-5-12(10-17)8-14(13)15/h4,8,13-14,16-17H,3,5-7,9-10H2,1-2H3. The van der Waals surface area contributed by atoms with Gasteiger partial charge in [0.25, 0.3) is 0 Å². The van der Waals surface area contributed by atoms with Gasteiger partial charge in [-0.3, -0.25) is 0 Å². The fourth-order valence-electron chi connectivity index (χ4n) is 3.37. The maximum atomic E-state index is 9.17. The van der Waals surface area contributed by atoms with Gasteiger partial charge in [-0.15, -0.1) is 0 Å². The molecule has 17 heavy (non-hydrogen) atoms. The van der Waals surface area contributed by atoms with Crippen molar-refractivity contribution >= 4 is 0 Å². The van der Waals surface area contributed by atoms with Crippen LogP contribution in [0.3, 0.4) is 0 Å². The number of allylic oxidation sites excluding steroid dienone is 2. The van der Waals surface area contributed by atoms with E-state index in [0.29, 0.717) is 11.3 Å². The third-order valence-electron chi connectivity index (χ3n) is 4.75. The highest BCUT2D eigenvalue weighted by Crippen LogP contribution is 2.66. The minimum absolute atomic E-state index is 0.179. The van der Waals surface area contributed by atoms with E-state index < -0.39 is 0 Å². The van der Waals surface area contributed by atoms with Crippen molar-refractivity contribution in [2.45, 2.75) is 39.5 Å². The van der Waals surface area contributed by atoms with Crippen LogP contribution in [-0.2, 0) is 0 Å². The zero-order valence-corrected chi connectivity index (χ0v) is 10.9. The van der Waals surface area contributed by atoms with E-state index in [1.807, 2.05) is 6.92 Å². The maximum Gasteiger partial charge on any atom is 0.0641 e. The second-order valence-corrected chi connectivity index (χ2v) is 5.91.